The van der Waals surface area contributed by atoms with Gasteiger partial charge in [0.05, 0.1) is 5.92 Å². The summed E-state index contributed by atoms with van der Waals surface area (Å²) < 4.78 is 3.37. The highest BCUT2D eigenvalue weighted by Crippen LogP contribution is 2.26. The molecule has 0 aliphatic carbocycles. The number of hydrogen-bond donors (Lipinski definition) is 0. The van der Waals surface area contributed by atoms with Crippen molar-refractivity contribution in [3.63, 3.8) is 0 Å². The standard InChI is InChI=1S/C11H19Cl3O2/c1-3-4-5-6-7-9(2)10(15)16-8-11(12,13)14/h9H,3-8H2,1-2H3. The van der Waals surface area contributed by atoms with Crippen LogP contribution < -0.4 is 0 Å². The maximum atomic E-state index is 11.5. The Morgan fingerprint density at radius 3 is 2.38 bits per heavy atom. The number of carbonyl (C=O) groups is 1. The van der Waals surface area contributed by atoms with Crippen molar-refractivity contribution in [2.24, 2.45) is 5.92 Å². The van der Waals surface area contributed by atoms with Gasteiger partial charge in [-0.2, -0.15) is 0 Å². The number of carbonyl (C=O) groups excluding carboxylic acids is 1. The van der Waals surface area contributed by atoms with Gasteiger partial charge in [0.1, 0.15) is 6.61 Å². The molecule has 0 fully saturated rings. The van der Waals surface area contributed by atoms with Gasteiger partial charge in [0, 0.05) is 0 Å². The third-order valence-corrected chi connectivity index (χ3v) is 2.60. The zero-order valence-electron chi connectivity index (χ0n) is 9.77. The van der Waals surface area contributed by atoms with Crippen LogP contribution in [-0.4, -0.2) is 16.4 Å². The molecule has 0 N–H and O–H groups in total. The fraction of sp³-hybridized carbons (Fsp3) is 0.909. The minimum absolute atomic E-state index is 0.121. The number of halogens is 3. The van der Waals surface area contributed by atoms with Crippen LogP contribution >= 0.6 is 34.8 Å². The first-order valence-electron chi connectivity index (χ1n) is 5.60. The predicted molar refractivity (Wildman–Crippen MR) is 69.2 cm³/mol. The van der Waals surface area contributed by atoms with E-state index in [0.29, 0.717) is 0 Å². The van der Waals surface area contributed by atoms with E-state index in [1.807, 2.05) is 6.92 Å². The molecule has 0 aromatic carbocycles. The van der Waals surface area contributed by atoms with Crippen LogP contribution in [0.5, 0.6) is 0 Å². The first-order chi connectivity index (χ1) is 7.37. The number of ether oxygens (including phenoxy) is 1. The first-order valence-corrected chi connectivity index (χ1v) is 6.73. The van der Waals surface area contributed by atoms with E-state index in [9.17, 15) is 4.79 Å². The number of esters is 1. The van der Waals surface area contributed by atoms with Gasteiger partial charge in [-0.25, -0.2) is 0 Å². The Labute approximate surface area is 113 Å². The van der Waals surface area contributed by atoms with E-state index in [0.717, 1.165) is 19.3 Å². The average Bonchev–Trinajstić information content (AvgIpc) is 2.19. The summed E-state index contributed by atoms with van der Waals surface area (Å²) in [5.41, 5.74) is 0. The molecule has 0 amide bonds. The highest BCUT2D eigenvalue weighted by atomic mass is 35.6. The normalized spacial score (nSPS) is 13.6. The lowest BCUT2D eigenvalue weighted by atomic mass is 10.0. The Morgan fingerprint density at radius 1 is 1.25 bits per heavy atom. The van der Waals surface area contributed by atoms with Crippen LogP contribution in [-0.2, 0) is 9.53 Å². The van der Waals surface area contributed by atoms with Crippen molar-refractivity contribution >= 4 is 40.8 Å². The van der Waals surface area contributed by atoms with Crippen molar-refractivity contribution in [2.75, 3.05) is 6.61 Å². The van der Waals surface area contributed by atoms with Crippen molar-refractivity contribution in [2.45, 2.75) is 49.7 Å². The van der Waals surface area contributed by atoms with Crippen molar-refractivity contribution in [3.8, 4) is 0 Å². The number of unbranched alkanes of at least 4 members (excludes halogenated alkanes) is 3. The molecule has 96 valence electrons. The van der Waals surface area contributed by atoms with E-state index in [-0.39, 0.29) is 18.5 Å². The molecule has 1 atom stereocenters. The van der Waals surface area contributed by atoms with E-state index in [2.05, 4.69) is 6.92 Å². The zero-order valence-corrected chi connectivity index (χ0v) is 12.0. The molecule has 0 saturated heterocycles. The minimum Gasteiger partial charge on any atom is -0.461 e. The lowest BCUT2D eigenvalue weighted by Gasteiger charge is -2.14. The molecule has 0 aliphatic rings. The van der Waals surface area contributed by atoms with E-state index in [1.165, 1.54) is 12.8 Å². The third-order valence-electron chi connectivity index (χ3n) is 2.27. The van der Waals surface area contributed by atoms with Gasteiger partial charge >= 0.3 is 5.97 Å². The molecule has 2 nitrogen and oxygen atoms in total. The highest BCUT2D eigenvalue weighted by molar-refractivity contribution is 6.67. The molecule has 0 radical (unpaired) electrons. The quantitative estimate of drug-likeness (QED) is 0.392. The van der Waals surface area contributed by atoms with Crippen LogP contribution in [0.15, 0.2) is 0 Å². The predicted octanol–water partition coefficient (Wildman–Crippen LogP) is 4.51. The Morgan fingerprint density at radius 2 is 1.88 bits per heavy atom. The molecule has 0 aromatic rings. The molecule has 0 spiro atoms. The van der Waals surface area contributed by atoms with E-state index in [4.69, 9.17) is 39.5 Å². The van der Waals surface area contributed by atoms with Crippen LogP contribution in [0.3, 0.4) is 0 Å². The SMILES string of the molecule is CCCCCCC(C)C(=O)OCC(Cl)(Cl)Cl. The minimum atomic E-state index is -1.52. The summed E-state index contributed by atoms with van der Waals surface area (Å²) in [5, 5.41) is 0. The highest BCUT2D eigenvalue weighted by Gasteiger charge is 2.23. The molecule has 0 heterocycles. The van der Waals surface area contributed by atoms with Crippen LogP contribution in [0.1, 0.15) is 46.0 Å². The molecule has 16 heavy (non-hydrogen) atoms. The number of alkyl halides is 3. The second-order valence-corrected chi connectivity index (χ2v) is 6.49. The fourth-order valence-corrected chi connectivity index (χ4v) is 1.45. The van der Waals surface area contributed by atoms with Gasteiger partial charge in [0.15, 0.2) is 0 Å². The Bertz CT molecular complexity index is 202. The van der Waals surface area contributed by atoms with Crippen LogP contribution in [0, 0.1) is 5.92 Å². The Balaban J connectivity index is 3.65. The van der Waals surface area contributed by atoms with Crippen molar-refractivity contribution < 1.29 is 9.53 Å². The van der Waals surface area contributed by atoms with Crippen LogP contribution in [0.4, 0.5) is 0 Å². The summed E-state index contributed by atoms with van der Waals surface area (Å²) in [7, 11) is 0. The molecule has 0 aliphatic heterocycles. The van der Waals surface area contributed by atoms with Crippen molar-refractivity contribution in [1.29, 1.82) is 0 Å². The second-order valence-electron chi connectivity index (χ2n) is 3.97. The molecule has 5 heteroatoms. The van der Waals surface area contributed by atoms with E-state index in [1.54, 1.807) is 0 Å². The summed E-state index contributed by atoms with van der Waals surface area (Å²) in [6.07, 6.45) is 5.41. The smallest absolute Gasteiger partial charge is 0.308 e. The monoisotopic (exact) mass is 288 g/mol. The van der Waals surface area contributed by atoms with Gasteiger partial charge < -0.3 is 4.74 Å². The first kappa shape index (κ1) is 16.3. The molecule has 0 rings (SSSR count). The van der Waals surface area contributed by atoms with E-state index < -0.39 is 3.79 Å². The van der Waals surface area contributed by atoms with Crippen LogP contribution in [0.2, 0.25) is 0 Å². The van der Waals surface area contributed by atoms with Gasteiger partial charge in [0.25, 0.3) is 0 Å². The summed E-state index contributed by atoms with van der Waals surface area (Å²) in [4.78, 5) is 11.5. The molecular weight excluding hydrogens is 270 g/mol. The molecule has 1 unspecified atom stereocenters. The van der Waals surface area contributed by atoms with Crippen molar-refractivity contribution in [1.82, 2.24) is 0 Å². The second kappa shape index (κ2) is 8.43. The maximum absolute atomic E-state index is 11.5. The molecule has 0 aromatic heterocycles. The van der Waals surface area contributed by atoms with Gasteiger partial charge in [-0.1, -0.05) is 74.3 Å². The Kier molecular flexibility index (Phi) is 8.61. The van der Waals surface area contributed by atoms with Gasteiger partial charge in [-0.3, -0.25) is 4.79 Å². The molecular formula is C11H19Cl3O2. The third kappa shape index (κ3) is 9.56. The van der Waals surface area contributed by atoms with Gasteiger partial charge in [-0.05, 0) is 6.42 Å². The number of hydrogen-bond acceptors (Lipinski definition) is 2. The summed E-state index contributed by atoms with van der Waals surface area (Å²) >= 11 is 16.4. The van der Waals surface area contributed by atoms with Crippen LogP contribution in [0.25, 0.3) is 0 Å². The summed E-state index contributed by atoms with van der Waals surface area (Å²) in [6.45, 7) is 3.81. The lowest BCUT2D eigenvalue weighted by Crippen LogP contribution is -2.21. The summed E-state index contributed by atoms with van der Waals surface area (Å²) in [5.74, 6) is -0.410. The zero-order chi connectivity index (χ0) is 12.6. The maximum Gasteiger partial charge on any atom is 0.308 e. The largest absolute Gasteiger partial charge is 0.461 e. The fourth-order valence-electron chi connectivity index (χ4n) is 1.29. The van der Waals surface area contributed by atoms with Crippen molar-refractivity contribution in [3.05, 3.63) is 0 Å². The van der Waals surface area contributed by atoms with Gasteiger partial charge in [-0.15, -0.1) is 0 Å². The molecule has 0 bridgehead atoms. The topological polar surface area (TPSA) is 26.3 Å². The Hall–Kier alpha value is 0.340. The summed E-state index contributed by atoms with van der Waals surface area (Å²) in [6, 6.07) is 0. The average molecular weight is 290 g/mol. The number of rotatable bonds is 7. The van der Waals surface area contributed by atoms with Gasteiger partial charge in [0.2, 0.25) is 3.79 Å². The molecule has 0 saturated carbocycles. The van der Waals surface area contributed by atoms with E-state index >= 15 is 0 Å². The lowest BCUT2D eigenvalue weighted by molar-refractivity contribution is -0.148.